The first-order valence-corrected chi connectivity index (χ1v) is 3.85. The molecule has 0 aromatic rings. The van der Waals surface area contributed by atoms with Gasteiger partial charge < -0.3 is 20.1 Å². The van der Waals surface area contributed by atoms with E-state index in [1.54, 1.807) is 0 Å². The van der Waals surface area contributed by atoms with Gasteiger partial charge in [-0.1, -0.05) is 6.58 Å². The molecule has 1 aliphatic rings. The molecular weight excluding hydrogens is 171 g/mol. The Morgan fingerprint density at radius 1 is 1.69 bits per heavy atom. The van der Waals surface area contributed by atoms with Gasteiger partial charge in [0.15, 0.2) is 0 Å². The molecule has 0 aromatic carbocycles. The highest BCUT2D eigenvalue weighted by molar-refractivity contribution is 6.12. The summed E-state index contributed by atoms with van der Waals surface area (Å²) in [6, 6.07) is -1.08. The largest absolute Gasteiger partial charge is 0.394 e. The first-order valence-electron chi connectivity index (χ1n) is 3.85. The first-order chi connectivity index (χ1) is 6.06. The maximum absolute atomic E-state index is 9.76. The van der Waals surface area contributed by atoms with Gasteiger partial charge in [-0.2, -0.15) is 0 Å². The molecule has 1 unspecified atom stereocenters. The minimum Gasteiger partial charge on any atom is -0.394 e. The van der Waals surface area contributed by atoms with Gasteiger partial charge in [0.1, 0.15) is 25.7 Å². The lowest BCUT2D eigenvalue weighted by atomic mass is 9.80. The van der Waals surface area contributed by atoms with Crippen LogP contribution in [0.2, 0.25) is 0 Å². The number of hydrogen-bond donors (Lipinski definition) is 3. The highest BCUT2D eigenvalue weighted by atomic mass is 16.6. The van der Waals surface area contributed by atoms with Crippen LogP contribution in [0.15, 0.2) is 18.4 Å². The molecule has 4 nitrogen and oxygen atoms in total. The van der Waals surface area contributed by atoms with Crippen molar-refractivity contribution in [2.24, 2.45) is 0 Å². The lowest BCUT2D eigenvalue weighted by Crippen LogP contribution is -2.47. The summed E-state index contributed by atoms with van der Waals surface area (Å²) in [6.07, 6.45) is -0.996. The van der Waals surface area contributed by atoms with Crippen molar-refractivity contribution in [3.63, 3.8) is 0 Å². The summed E-state index contributed by atoms with van der Waals surface area (Å²) in [5.41, 5.74) is 0.616. The zero-order valence-corrected chi connectivity index (χ0v) is 7.05. The van der Waals surface area contributed by atoms with Crippen LogP contribution >= 0.6 is 0 Å². The Morgan fingerprint density at radius 2 is 2.31 bits per heavy atom. The van der Waals surface area contributed by atoms with Gasteiger partial charge in [-0.15, -0.1) is 5.73 Å². The van der Waals surface area contributed by atoms with Crippen LogP contribution in [0, 0.1) is 0 Å². The molecule has 1 heterocycles. The third-order valence-corrected chi connectivity index (χ3v) is 2.12. The standard InChI is InChI=1S/C8H11BO4/c1-2-3-8(12)6(11)5(4-10)13-7(8)9/h3,5-7,10-12H,1,4H2/t5-,6+,7-,8?/m1/s1. The van der Waals surface area contributed by atoms with Crippen LogP contribution in [0.5, 0.6) is 0 Å². The number of aliphatic hydroxyl groups excluding tert-OH is 2. The van der Waals surface area contributed by atoms with Crippen LogP contribution < -0.4 is 0 Å². The molecule has 4 atom stereocenters. The van der Waals surface area contributed by atoms with E-state index in [0.717, 1.165) is 6.08 Å². The van der Waals surface area contributed by atoms with Gasteiger partial charge >= 0.3 is 0 Å². The van der Waals surface area contributed by atoms with E-state index in [1.165, 1.54) is 0 Å². The third kappa shape index (κ3) is 1.57. The third-order valence-electron chi connectivity index (χ3n) is 2.12. The van der Waals surface area contributed by atoms with E-state index in [0.29, 0.717) is 0 Å². The van der Waals surface area contributed by atoms with Crippen molar-refractivity contribution in [1.29, 1.82) is 0 Å². The Hall–Kier alpha value is -0.575. The topological polar surface area (TPSA) is 69.9 Å². The Labute approximate surface area is 77.6 Å². The van der Waals surface area contributed by atoms with E-state index >= 15 is 0 Å². The Morgan fingerprint density at radius 3 is 2.69 bits per heavy atom. The molecule has 1 aliphatic heterocycles. The maximum Gasteiger partial charge on any atom is 0.136 e. The SMILES string of the molecule is [B][C@@H]1O[C@H](CO)[C@H](O)C1(O)C=C=C. The monoisotopic (exact) mass is 182 g/mol. The van der Waals surface area contributed by atoms with E-state index in [1.807, 2.05) is 0 Å². The van der Waals surface area contributed by atoms with Crippen molar-refractivity contribution in [2.45, 2.75) is 23.8 Å². The smallest absolute Gasteiger partial charge is 0.136 e. The quantitative estimate of drug-likeness (QED) is 0.352. The van der Waals surface area contributed by atoms with E-state index in [9.17, 15) is 10.2 Å². The zero-order chi connectivity index (χ0) is 10.1. The van der Waals surface area contributed by atoms with Gasteiger partial charge in [0.25, 0.3) is 0 Å². The van der Waals surface area contributed by atoms with Crippen molar-refractivity contribution in [3.05, 3.63) is 18.4 Å². The van der Waals surface area contributed by atoms with Gasteiger partial charge in [-0.05, 0) is 6.08 Å². The lowest BCUT2D eigenvalue weighted by Gasteiger charge is -2.24. The predicted molar refractivity (Wildman–Crippen MR) is 46.2 cm³/mol. The molecule has 0 aromatic heterocycles. The van der Waals surface area contributed by atoms with Crippen LogP contribution in [0.4, 0.5) is 0 Å². The second-order valence-corrected chi connectivity index (χ2v) is 2.96. The van der Waals surface area contributed by atoms with Gasteiger partial charge in [0, 0.05) is 0 Å². The summed E-state index contributed by atoms with van der Waals surface area (Å²) in [7, 11) is 5.41. The fourth-order valence-corrected chi connectivity index (χ4v) is 1.31. The Bertz CT molecular complexity index is 238. The summed E-state index contributed by atoms with van der Waals surface area (Å²) in [4.78, 5) is 0. The van der Waals surface area contributed by atoms with Gasteiger partial charge in [-0.3, -0.25) is 0 Å². The van der Waals surface area contributed by atoms with Crippen LogP contribution in [0.3, 0.4) is 0 Å². The average molecular weight is 182 g/mol. The summed E-state index contributed by atoms with van der Waals surface area (Å²) in [5, 5.41) is 28.0. The molecule has 1 fully saturated rings. The van der Waals surface area contributed by atoms with Crippen molar-refractivity contribution in [1.82, 2.24) is 0 Å². The molecule has 1 saturated heterocycles. The summed E-state index contributed by atoms with van der Waals surface area (Å²) in [6.45, 7) is 2.86. The lowest BCUT2D eigenvalue weighted by molar-refractivity contribution is -0.0285. The molecule has 0 spiro atoms. The van der Waals surface area contributed by atoms with Crippen LogP contribution in [0.1, 0.15) is 0 Å². The number of hydrogen-bond acceptors (Lipinski definition) is 4. The molecule has 3 N–H and O–H groups in total. The fourth-order valence-electron chi connectivity index (χ4n) is 1.31. The summed E-state index contributed by atoms with van der Waals surface area (Å²) < 4.78 is 4.92. The molecule has 0 saturated carbocycles. The second kappa shape index (κ2) is 3.66. The van der Waals surface area contributed by atoms with Crippen molar-refractivity contribution < 1.29 is 20.1 Å². The average Bonchev–Trinajstić information content (AvgIpc) is 2.31. The minimum absolute atomic E-state index is 0.401. The Balaban J connectivity index is 2.91. The molecule has 0 bridgehead atoms. The summed E-state index contributed by atoms with van der Waals surface area (Å²) >= 11 is 0. The van der Waals surface area contributed by atoms with Crippen molar-refractivity contribution >= 4 is 7.85 Å². The molecule has 13 heavy (non-hydrogen) atoms. The highest BCUT2D eigenvalue weighted by Crippen LogP contribution is 2.30. The van der Waals surface area contributed by atoms with E-state index in [-0.39, 0.29) is 0 Å². The second-order valence-electron chi connectivity index (χ2n) is 2.96. The Kier molecular flexibility index (Phi) is 2.96. The van der Waals surface area contributed by atoms with Crippen molar-refractivity contribution in [3.8, 4) is 0 Å². The highest BCUT2D eigenvalue weighted by Gasteiger charge is 2.50. The number of ether oxygens (including phenoxy) is 1. The molecule has 0 amide bonds. The minimum atomic E-state index is -1.71. The fraction of sp³-hybridized carbons (Fsp3) is 0.625. The van der Waals surface area contributed by atoms with E-state index in [4.69, 9.17) is 17.7 Å². The summed E-state index contributed by atoms with van der Waals surface area (Å²) in [5.74, 6) is 0. The number of aliphatic hydroxyl groups is 3. The van der Waals surface area contributed by atoms with Gasteiger partial charge in [-0.25, -0.2) is 0 Å². The first kappa shape index (κ1) is 10.5. The van der Waals surface area contributed by atoms with Crippen LogP contribution in [0.25, 0.3) is 0 Å². The molecule has 0 aliphatic carbocycles. The van der Waals surface area contributed by atoms with Gasteiger partial charge in [0.2, 0.25) is 0 Å². The predicted octanol–water partition coefficient (Wildman–Crippen LogP) is -1.69. The van der Waals surface area contributed by atoms with Crippen LogP contribution in [-0.4, -0.2) is 53.6 Å². The number of rotatable bonds is 2. The molecule has 1 rings (SSSR count). The zero-order valence-electron chi connectivity index (χ0n) is 7.05. The molecule has 70 valence electrons. The van der Waals surface area contributed by atoms with Gasteiger partial charge in [0.05, 0.1) is 12.6 Å². The van der Waals surface area contributed by atoms with Crippen molar-refractivity contribution in [2.75, 3.05) is 6.61 Å². The molecule has 2 radical (unpaired) electrons. The molecule has 5 heteroatoms. The normalized spacial score (nSPS) is 44.4. The van der Waals surface area contributed by atoms with E-state index < -0.39 is 30.4 Å². The maximum atomic E-state index is 9.76. The van der Waals surface area contributed by atoms with Crippen LogP contribution in [-0.2, 0) is 4.74 Å². The van der Waals surface area contributed by atoms with E-state index in [2.05, 4.69) is 12.3 Å². The molecular formula is C8H11BO4.